The number of hydrogen-bond acceptors (Lipinski definition) is 2. The van der Waals surface area contributed by atoms with Gasteiger partial charge in [0.15, 0.2) is 0 Å². The lowest BCUT2D eigenvalue weighted by molar-refractivity contribution is -0.126. The molecule has 3 nitrogen and oxygen atoms in total. The minimum Gasteiger partial charge on any atom is -0.372 e. The summed E-state index contributed by atoms with van der Waals surface area (Å²) in [6.45, 7) is 2.68. The molecule has 0 bridgehead atoms. The second-order valence-electron chi connectivity index (χ2n) is 5.27. The molecule has 19 heavy (non-hydrogen) atoms. The van der Waals surface area contributed by atoms with Crippen molar-refractivity contribution in [1.82, 2.24) is 5.32 Å². The Bertz CT molecular complexity index is 391. The van der Waals surface area contributed by atoms with Crippen molar-refractivity contribution >= 4 is 5.91 Å². The summed E-state index contributed by atoms with van der Waals surface area (Å²) in [6, 6.07) is 10.9. The van der Waals surface area contributed by atoms with Crippen LogP contribution in [0.3, 0.4) is 0 Å². The van der Waals surface area contributed by atoms with E-state index in [1.54, 1.807) is 0 Å². The highest BCUT2D eigenvalue weighted by Crippen LogP contribution is 2.28. The number of amides is 1. The lowest BCUT2D eigenvalue weighted by Gasteiger charge is -2.13. The first-order valence-corrected chi connectivity index (χ1v) is 7.19. The van der Waals surface area contributed by atoms with E-state index in [4.69, 9.17) is 4.74 Å². The summed E-state index contributed by atoms with van der Waals surface area (Å²) >= 11 is 0. The van der Waals surface area contributed by atoms with Crippen LogP contribution in [-0.2, 0) is 16.0 Å². The average molecular weight is 261 g/mol. The third kappa shape index (κ3) is 4.67. The number of carbonyl (C=O) groups excluding carboxylic acids is 1. The fourth-order valence-corrected chi connectivity index (χ4v) is 2.80. The van der Waals surface area contributed by atoms with Gasteiger partial charge in [-0.25, -0.2) is 0 Å². The van der Waals surface area contributed by atoms with E-state index in [2.05, 4.69) is 35.6 Å². The van der Waals surface area contributed by atoms with Gasteiger partial charge in [-0.1, -0.05) is 30.3 Å². The molecule has 1 N–H and O–H groups in total. The van der Waals surface area contributed by atoms with Crippen LogP contribution in [-0.4, -0.2) is 25.2 Å². The van der Waals surface area contributed by atoms with E-state index in [-0.39, 0.29) is 12.5 Å². The second kappa shape index (κ2) is 7.29. The van der Waals surface area contributed by atoms with Crippen molar-refractivity contribution in [2.24, 2.45) is 5.92 Å². The average Bonchev–Trinajstić information content (AvgIpc) is 2.85. The zero-order valence-electron chi connectivity index (χ0n) is 11.6. The van der Waals surface area contributed by atoms with Crippen LogP contribution < -0.4 is 5.32 Å². The highest BCUT2D eigenvalue weighted by Gasteiger charge is 2.25. The van der Waals surface area contributed by atoms with Crippen LogP contribution in [0.25, 0.3) is 0 Å². The molecule has 1 aromatic carbocycles. The number of benzene rings is 1. The molecule has 1 saturated carbocycles. The molecule has 2 rings (SSSR count). The van der Waals surface area contributed by atoms with Gasteiger partial charge in [-0.2, -0.15) is 0 Å². The fourth-order valence-electron chi connectivity index (χ4n) is 2.80. The molecular formula is C16H23NO2. The first-order valence-electron chi connectivity index (χ1n) is 7.19. The van der Waals surface area contributed by atoms with Crippen molar-refractivity contribution in [3.63, 3.8) is 0 Å². The smallest absolute Gasteiger partial charge is 0.246 e. The lowest BCUT2D eigenvalue weighted by atomic mass is 9.98. The molecule has 104 valence electrons. The van der Waals surface area contributed by atoms with Crippen molar-refractivity contribution in [1.29, 1.82) is 0 Å². The quantitative estimate of drug-likeness (QED) is 0.854. The molecule has 1 aliphatic rings. The van der Waals surface area contributed by atoms with Crippen LogP contribution in [0.1, 0.15) is 31.7 Å². The maximum absolute atomic E-state index is 11.6. The van der Waals surface area contributed by atoms with Gasteiger partial charge in [-0.15, -0.1) is 0 Å². The zero-order chi connectivity index (χ0) is 13.5. The Balaban J connectivity index is 1.72. The predicted molar refractivity (Wildman–Crippen MR) is 75.9 cm³/mol. The van der Waals surface area contributed by atoms with E-state index in [9.17, 15) is 4.79 Å². The van der Waals surface area contributed by atoms with Crippen LogP contribution in [0.2, 0.25) is 0 Å². The van der Waals surface area contributed by atoms with Crippen LogP contribution >= 0.6 is 0 Å². The molecule has 1 aromatic rings. The number of rotatable bonds is 6. The van der Waals surface area contributed by atoms with Gasteiger partial charge in [-0.3, -0.25) is 4.79 Å². The fraction of sp³-hybridized carbons (Fsp3) is 0.562. The van der Waals surface area contributed by atoms with Crippen molar-refractivity contribution < 1.29 is 9.53 Å². The molecule has 1 amide bonds. The molecule has 0 radical (unpaired) electrons. The second-order valence-corrected chi connectivity index (χ2v) is 5.27. The largest absolute Gasteiger partial charge is 0.372 e. The zero-order valence-corrected chi connectivity index (χ0v) is 11.6. The molecule has 0 unspecified atom stereocenters. The minimum absolute atomic E-state index is 0.0206. The van der Waals surface area contributed by atoms with Gasteiger partial charge in [0.1, 0.15) is 6.61 Å². The molecular weight excluding hydrogens is 238 g/mol. The van der Waals surface area contributed by atoms with E-state index in [1.807, 2.05) is 6.92 Å². The molecule has 0 spiro atoms. The van der Waals surface area contributed by atoms with Crippen molar-refractivity contribution in [3.05, 3.63) is 35.9 Å². The molecule has 0 aliphatic heterocycles. The summed E-state index contributed by atoms with van der Waals surface area (Å²) in [6.07, 6.45) is 4.51. The SMILES string of the molecule is CCOCC(=O)N[C@@H]1CC[C@@H](Cc2ccccc2)C1. The van der Waals surface area contributed by atoms with Crippen LogP contribution in [0.15, 0.2) is 30.3 Å². The predicted octanol–water partition coefficient (Wildman–Crippen LogP) is 2.55. The Labute approximate surface area is 115 Å². The topological polar surface area (TPSA) is 38.3 Å². The number of ether oxygens (including phenoxy) is 1. The van der Waals surface area contributed by atoms with E-state index >= 15 is 0 Å². The highest BCUT2D eigenvalue weighted by atomic mass is 16.5. The molecule has 2 atom stereocenters. The van der Waals surface area contributed by atoms with E-state index in [0.717, 1.165) is 19.3 Å². The van der Waals surface area contributed by atoms with Crippen molar-refractivity contribution in [2.75, 3.05) is 13.2 Å². The summed E-state index contributed by atoms with van der Waals surface area (Å²) < 4.78 is 5.12. The molecule has 1 aliphatic carbocycles. The van der Waals surface area contributed by atoms with Crippen LogP contribution in [0.4, 0.5) is 0 Å². The van der Waals surface area contributed by atoms with Gasteiger partial charge >= 0.3 is 0 Å². The van der Waals surface area contributed by atoms with E-state index in [1.165, 1.54) is 12.0 Å². The molecule has 0 saturated heterocycles. The third-order valence-electron chi connectivity index (χ3n) is 3.71. The Hall–Kier alpha value is -1.35. The van der Waals surface area contributed by atoms with Gasteiger partial charge in [0, 0.05) is 12.6 Å². The number of carbonyl (C=O) groups is 1. The first kappa shape index (κ1) is 14.1. The standard InChI is InChI=1S/C16H23NO2/c1-2-19-12-16(18)17-15-9-8-14(11-15)10-13-6-4-3-5-7-13/h3-7,14-15H,2,8-12H2,1H3,(H,17,18)/t14-,15+/m0/s1. The van der Waals surface area contributed by atoms with Gasteiger partial charge < -0.3 is 10.1 Å². The van der Waals surface area contributed by atoms with Gasteiger partial charge in [-0.05, 0) is 44.1 Å². The van der Waals surface area contributed by atoms with Crippen molar-refractivity contribution in [2.45, 2.75) is 38.6 Å². The van der Waals surface area contributed by atoms with Crippen molar-refractivity contribution in [3.8, 4) is 0 Å². The normalized spacial score (nSPS) is 22.4. The Morgan fingerprint density at radius 1 is 1.32 bits per heavy atom. The lowest BCUT2D eigenvalue weighted by Crippen LogP contribution is -2.35. The maximum Gasteiger partial charge on any atom is 0.246 e. The van der Waals surface area contributed by atoms with Gasteiger partial charge in [0.25, 0.3) is 0 Å². The summed E-state index contributed by atoms with van der Waals surface area (Å²) in [5.74, 6) is 0.715. The Morgan fingerprint density at radius 2 is 2.11 bits per heavy atom. The maximum atomic E-state index is 11.6. The Kier molecular flexibility index (Phi) is 5.40. The number of hydrogen-bond donors (Lipinski definition) is 1. The summed E-state index contributed by atoms with van der Waals surface area (Å²) in [7, 11) is 0. The Morgan fingerprint density at radius 3 is 2.84 bits per heavy atom. The van der Waals surface area contributed by atoms with Gasteiger partial charge in [0.2, 0.25) is 5.91 Å². The van der Waals surface area contributed by atoms with Gasteiger partial charge in [0.05, 0.1) is 0 Å². The monoisotopic (exact) mass is 261 g/mol. The molecule has 1 fully saturated rings. The van der Waals surface area contributed by atoms with Crippen LogP contribution in [0, 0.1) is 5.92 Å². The minimum atomic E-state index is 0.0206. The highest BCUT2D eigenvalue weighted by molar-refractivity contribution is 5.77. The number of nitrogens with one attached hydrogen (secondary N) is 1. The molecule has 0 heterocycles. The summed E-state index contributed by atoms with van der Waals surface area (Å²) in [5.41, 5.74) is 1.40. The van der Waals surface area contributed by atoms with E-state index < -0.39 is 0 Å². The van der Waals surface area contributed by atoms with Crippen LogP contribution in [0.5, 0.6) is 0 Å². The molecule has 0 aromatic heterocycles. The molecule has 3 heteroatoms. The third-order valence-corrected chi connectivity index (χ3v) is 3.71. The first-order chi connectivity index (χ1) is 9.28. The summed E-state index contributed by atoms with van der Waals surface area (Å²) in [4.78, 5) is 11.6. The summed E-state index contributed by atoms with van der Waals surface area (Å²) in [5, 5.41) is 3.07. The van der Waals surface area contributed by atoms with E-state index in [0.29, 0.717) is 18.6 Å².